The smallest absolute Gasteiger partial charge is 0.406 e. The van der Waals surface area contributed by atoms with Gasteiger partial charge in [-0.15, -0.1) is 13.2 Å². The molecule has 0 spiro atoms. The van der Waals surface area contributed by atoms with Gasteiger partial charge < -0.3 is 9.84 Å². The van der Waals surface area contributed by atoms with Gasteiger partial charge in [0.15, 0.2) is 0 Å². The van der Waals surface area contributed by atoms with Gasteiger partial charge in [0.05, 0.1) is 6.61 Å². The first kappa shape index (κ1) is 14.3. The normalized spacial score (nSPS) is 11.4. The molecule has 2 nitrogen and oxygen atoms in total. The molecule has 0 aliphatic rings. The van der Waals surface area contributed by atoms with Crippen molar-refractivity contribution in [3.05, 3.63) is 53.8 Å². The Kier molecular flexibility index (Phi) is 3.94. The molecule has 0 aliphatic carbocycles. The third kappa shape index (κ3) is 3.27. The molecule has 0 heterocycles. The predicted octanol–water partition coefficient (Wildman–Crippen LogP) is 3.88. The summed E-state index contributed by atoms with van der Waals surface area (Å²) in [6, 6.07) is 9.35. The molecule has 6 heteroatoms. The molecule has 0 fully saturated rings. The van der Waals surface area contributed by atoms with Crippen molar-refractivity contribution >= 4 is 0 Å². The zero-order chi connectivity index (χ0) is 14.8. The molecule has 106 valence electrons. The first-order valence-corrected chi connectivity index (χ1v) is 5.65. The van der Waals surface area contributed by atoms with Crippen molar-refractivity contribution in [3.8, 4) is 16.9 Å². The molecule has 0 saturated carbocycles. The second-order valence-electron chi connectivity index (χ2n) is 4.01. The van der Waals surface area contributed by atoms with E-state index in [-0.39, 0.29) is 16.7 Å². The van der Waals surface area contributed by atoms with E-state index in [0.717, 1.165) is 12.1 Å². The summed E-state index contributed by atoms with van der Waals surface area (Å²) in [6.45, 7) is -0.488. The summed E-state index contributed by atoms with van der Waals surface area (Å²) in [6.07, 6.45) is -4.80. The molecule has 0 bridgehead atoms. The summed E-state index contributed by atoms with van der Waals surface area (Å²) >= 11 is 0. The van der Waals surface area contributed by atoms with Crippen molar-refractivity contribution in [1.29, 1.82) is 0 Å². The highest BCUT2D eigenvalue weighted by molar-refractivity contribution is 5.66. The van der Waals surface area contributed by atoms with Gasteiger partial charge in [-0.2, -0.15) is 0 Å². The van der Waals surface area contributed by atoms with Crippen LogP contribution in [0.3, 0.4) is 0 Å². The summed E-state index contributed by atoms with van der Waals surface area (Å²) in [4.78, 5) is 0. The molecule has 2 aromatic carbocycles. The van der Waals surface area contributed by atoms with E-state index in [1.54, 1.807) is 0 Å². The highest BCUT2D eigenvalue weighted by atomic mass is 19.4. The van der Waals surface area contributed by atoms with Crippen LogP contribution in [0.4, 0.5) is 17.6 Å². The number of aliphatic hydroxyl groups excluding tert-OH is 1. The van der Waals surface area contributed by atoms with Crippen LogP contribution in [0.5, 0.6) is 5.75 Å². The molecule has 0 saturated heterocycles. The quantitative estimate of drug-likeness (QED) is 0.868. The van der Waals surface area contributed by atoms with E-state index in [4.69, 9.17) is 5.11 Å². The average Bonchev–Trinajstić information content (AvgIpc) is 2.37. The van der Waals surface area contributed by atoms with Crippen molar-refractivity contribution in [1.82, 2.24) is 0 Å². The fourth-order valence-electron chi connectivity index (χ4n) is 1.79. The summed E-state index contributed by atoms with van der Waals surface area (Å²) in [5, 5.41) is 8.98. The maximum absolute atomic E-state index is 14.0. The molecule has 2 aromatic rings. The minimum absolute atomic E-state index is 0.0737. The second kappa shape index (κ2) is 5.50. The van der Waals surface area contributed by atoms with Gasteiger partial charge >= 0.3 is 6.36 Å². The lowest BCUT2D eigenvalue weighted by Crippen LogP contribution is -2.17. The number of benzene rings is 2. The van der Waals surface area contributed by atoms with Crippen LogP contribution in [0.15, 0.2) is 42.5 Å². The largest absolute Gasteiger partial charge is 0.573 e. The molecule has 0 radical (unpaired) electrons. The molecule has 0 aliphatic heterocycles. The van der Waals surface area contributed by atoms with Gasteiger partial charge in [-0.25, -0.2) is 4.39 Å². The number of hydrogen-bond acceptors (Lipinski definition) is 2. The molecular formula is C14H10F4O2. The van der Waals surface area contributed by atoms with Gasteiger partial charge in [0.1, 0.15) is 11.6 Å². The van der Waals surface area contributed by atoms with Crippen molar-refractivity contribution in [2.24, 2.45) is 0 Å². The van der Waals surface area contributed by atoms with E-state index in [9.17, 15) is 17.6 Å². The van der Waals surface area contributed by atoms with Crippen LogP contribution in [-0.4, -0.2) is 11.5 Å². The SMILES string of the molecule is OCc1cccc(-c2cccc(OC(F)(F)F)c2)c1F. The van der Waals surface area contributed by atoms with Crippen molar-refractivity contribution in [2.45, 2.75) is 13.0 Å². The lowest BCUT2D eigenvalue weighted by Gasteiger charge is -2.11. The van der Waals surface area contributed by atoms with E-state index < -0.39 is 24.5 Å². The van der Waals surface area contributed by atoms with Gasteiger partial charge in [0, 0.05) is 11.1 Å². The number of alkyl halides is 3. The van der Waals surface area contributed by atoms with Gasteiger partial charge in [-0.3, -0.25) is 0 Å². The summed E-state index contributed by atoms with van der Waals surface area (Å²) in [5.74, 6) is -1.09. The number of ether oxygens (including phenoxy) is 1. The van der Waals surface area contributed by atoms with Gasteiger partial charge in [-0.05, 0) is 17.7 Å². The van der Waals surface area contributed by atoms with Crippen molar-refractivity contribution < 1.29 is 27.4 Å². The third-order valence-corrected chi connectivity index (χ3v) is 2.63. The Morgan fingerprint density at radius 3 is 2.40 bits per heavy atom. The number of hydrogen-bond donors (Lipinski definition) is 1. The van der Waals surface area contributed by atoms with E-state index in [2.05, 4.69) is 4.74 Å². The van der Waals surface area contributed by atoms with Crippen LogP contribution in [0.2, 0.25) is 0 Å². The first-order valence-electron chi connectivity index (χ1n) is 5.65. The molecule has 0 amide bonds. The Hall–Kier alpha value is -2.08. The molecule has 0 atom stereocenters. The van der Waals surface area contributed by atoms with E-state index in [1.807, 2.05) is 0 Å². The van der Waals surface area contributed by atoms with Crippen LogP contribution in [0.1, 0.15) is 5.56 Å². The third-order valence-electron chi connectivity index (χ3n) is 2.63. The van der Waals surface area contributed by atoms with Crippen LogP contribution in [0, 0.1) is 5.82 Å². The molecule has 0 unspecified atom stereocenters. The van der Waals surface area contributed by atoms with E-state index in [1.165, 1.54) is 30.3 Å². The fourth-order valence-corrected chi connectivity index (χ4v) is 1.79. The molecule has 0 aromatic heterocycles. The topological polar surface area (TPSA) is 29.5 Å². The van der Waals surface area contributed by atoms with Crippen molar-refractivity contribution in [2.75, 3.05) is 0 Å². The van der Waals surface area contributed by atoms with Gasteiger partial charge in [0.25, 0.3) is 0 Å². The molecular weight excluding hydrogens is 276 g/mol. The summed E-state index contributed by atoms with van der Waals surface area (Å²) < 4.78 is 54.2. The van der Waals surface area contributed by atoms with Gasteiger partial charge in [-0.1, -0.05) is 30.3 Å². The predicted molar refractivity (Wildman–Crippen MR) is 64.4 cm³/mol. The second-order valence-corrected chi connectivity index (χ2v) is 4.01. The first-order chi connectivity index (χ1) is 9.40. The average molecular weight is 286 g/mol. The highest BCUT2D eigenvalue weighted by Crippen LogP contribution is 2.30. The Morgan fingerprint density at radius 2 is 1.75 bits per heavy atom. The van der Waals surface area contributed by atoms with Crippen molar-refractivity contribution in [3.63, 3.8) is 0 Å². The standard InChI is InChI=1S/C14H10F4O2/c15-13-10(8-19)4-2-6-12(13)9-3-1-5-11(7-9)20-14(16,17)18/h1-7,19H,8H2. The monoisotopic (exact) mass is 286 g/mol. The Morgan fingerprint density at radius 1 is 1.05 bits per heavy atom. The minimum Gasteiger partial charge on any atom is -0.406 e. The number of halogens is 4. The maximum atomic E-state index is 14.0. The Bertz CT molecular complexity index is 608. The lowest BCUT2D eigenvalue weighted by molar-refractivity contribution is -0.274. The van der Waals surface area contributed by atoms with Crippen LogP contribution in [0.25, 0.3) is 11.1 Å². The molecule has 20 heavy (non-hydrogen) atoms. The zero-order valence-electron chi connectivity index (χ0n) is 10.1. The van der Waals surface area contributed by atoms with E-state index in [0.29, 0.717) is 0 Å². The number of aliphatic hydroxyl groups is 1. The minimum atomic E-state index is -4.80. The molecule has 1 N–H and O–H groups in total. The van der Waals surface area contributed by atoms with Crippen LogP contribution >= 0.6 is 0 Å². The van der Waals surface area contributed by atoms with Crippen LogP contribution < -0.4 is 4.74 Å². The maximum Gasteiger partial charge on any atom is 0.573 e. The van der Waals surface area contributed by atoms with Crippen LogP contribution in [-0.2, 0) is 6.61 Å². The fraction of sp³-hybridized carbons (Fsp3) is 0.143. The Labute approximate surface area is 112 Å². The summed E-state index contributed by atoms with van der Waals surface area (Å²) in [7, 11) is 0. The van der Waals surface area contributed by atoms with Gasteiger partial charge in [0.2, 0.25) is 0 Å². The number of rotatable bonds is 3. The van der Waals surface area contributed by atoms with E-state index >= 15 is 0 Å². The molecule has 2 rings (SSSR count). The zero-order valence-corrected chi connectivity index (χ0v) is 10.1. The Balaban J connectivity index is 2.41. The summed E-state index contributed by atoms with van der Waals surface area (Å²) in [5.41, 5.74) is 0.411. The highest BCUT2D eigenvalue weighted by Gasteiger charge is 2.31. The lowest BCUT2D eigenvalue weighted by atomic mass is 10.0.